The van der Waals surface area contributed by atoms with Gasteiger partial charge in [-0.05, 0) is 13.8 Å². The number of nitrogens with zero attached hydrogens (tertiary/aromatic N) is 6. The Morgan fingerprint density at radius 2 is 2.16 bits per heavy atom. The van der Waals surface area contributed by atoms with Crippen molar-refractivity contribution in [3.8, 4) is 0 Å². The number of aromatic nitrogens is 3. The summed E-state index contributed by atoms with van der Waals surface area (Å²) in [6.07, 6.45) is 5.24. The molecule has 13 nitrogen and oxygen atoms in total. The number of thioether (sulfide) groups is 1. The van der Waals surface area contributed by atoms with Gasteiger partial charge in [0.05, 0.1) is 17.9 Å². The number of rotatable bonds is 10. The number of carboxylic acids is 1. The van der Waals surface area contributed by atoms with Gasteiger partial charge in [0.25, 0.3) is 11.8 Å². The molecular weight excluding hydrogens is 520 g/mol. The summed E-state index contributed by atoms with van der Waals surface area (Å²) in [6.45, 7) is 5.85. The fourth-order valence-electron chi connectivity index (χ4n) is 4.14. The Morgan fingerprint density at radius 3 is 2.78 bits per heavy atom. The summed E-state index contributed by atoms with van der Waals surface area (Å²) in [5.41, 5.74) is 6.07. The van der Waals surface area contributed by atoms with Gasteiger partial charge in [0.2, 0.25) is 6.20 Å². The van der Waals surface area contributed by atoms with Crippen molar-refractivity contribution in [2.45, 2.75) is 31.8 Å². The average molecular weight is 547 g/mol. The zero-order valence-corrected chi connectivity index (χ0v) is 22.0. The first-order valence-corrected chi connectivity index (χ1v) is 13.3. The number of nitrogens with one attached hydrogen (secondary N) is 1. The monoisotopic (exact) mass is 546 g/mol. The minimum absolute atomic E-state index is 0.142. The molecule has 196 valence electrons. The molecule has 0 aliphatic carbocycles. The van der Waals surface area contributed by atoms with Gasteiger partial charge in [-0.1, -0.05) is 5.16 Å². The molecule has 4 heterocycles. The van der Waals surface area contributed by atoms with Gasteiger partial charge in [0.1, 0.15) is 24.2 Å². The van der Waals surface area contributed by atoms with Crippen LogP contribution in [0.15, 0.2) is 40.4 Å². The number of amides is 2. The Labute approximate surface area is 221 Å². The van der Waals surface area contributed by atoms with Gasteiger partial charge in [0.15, 0.2) is 29.4 Å². The molecule has 2 atom stereocenters. The van der Waals surface area contributed by atoms with E-state index in [1.807, 2.05) is 24.6 Å². The molecule has 1 unspecified atom stereocenters. The Morgan fingerprint density at radius 1 is 1.41 bits per heavy atom. The zero-order chi connectivity index (χ0) is 26.7. The number of anilines is 2. The van der Waals surface area contributed by atoms with Crippen LogP contribution in [0.2, 0.25) is 0 Å². The van der Waals surface area contributed by atoms with Crippen molar-refractivity contribution >= 4 is 57.5 Å². The van der Waals surface area contributed by atoms with Crippen molar-refractivity contribution in [3.63, 3.8) is 0 Å². The molecule has 4 rings (SSSR count). The van der Waals surface area contributed by atoms with Crippen LogP contribution in [0.1, 0.15) is 19.5 Å². The highest BCUT2D eigenvalue weighted by Gasteiger charge is 2.53. The molecule has 15 heteroatoms. The normalized spacial score (nSPS) is 19.3. The first-order chi connectivity index (χ1) is 17.8. The number of carbonyl (C=O) groups is 3. The van der Waals surface area contributed by atoms with Crippen LogP contribution in [0, 0.1) is 0 Å². The van der Waals surface area contributed by atoms with Crippen LogP contribution >= 0.6 is 23.1 Å². The summed E-state index contributed by atoms with van der Waals surface area (Å²) < 4.78 is 1.83. The molecule has 2 aromatic rings. The molecule has 0 saturated carbocycles. The second-order valence-electron chi connectivity index (χ2n) is 8.05. The number of oxime groups is 1. The second kappa shape index (κ2) is 11.1. The lowest BCUT2D eigenvalue weighted by Gasteiger charge is -2.50. The van der Waals surface area contributed by atoms with Gasteiger partial charge in [-0.3, -0.25) is 14.5 Å². The van der Waals surface area contributed by atoms with Gasteiger partial charge < -0.3 is 30.7 Å². The maximum absolute atomic E-state index is 13.0. The van der Waals surface area contributed by atoms with Crippen LogP contribution in [0.25, 0.3) is 0 Å². The number of carbonyl (C=O) groups excluding carboxylic acids is 3. The number of hydrogen-bond donors (Lipinski definition) is 2. The topological polar surface area (TPSA) is 170 Å². The minimum Gasteiger partial charge on any atom is -0.543 e. The Bertz CT molecular complexity index is 1280. The molecule has 0 bridgehead atoms. The van der Waals surface area contributed by atoms with Crippen LogP contribution in [0.4, 0.5) is 10.9 Å². The number of carboxylic acid groups (broad SMARTS) is 1. The summed E-state index contributed by atoms with van der Waals surface area (Å²) in [6, 6.07) is -0.950. The van der Waals surface area contributed by atoms with Crippen molar-refractivity contribution in [3.05, 3.63) is 40.9 Å². The van der Waals surface area contributed by atoms with Gasteiger partial charge in [-0.15, -0.1) is 23.1 Å². The molecule has 2 aliphatic heterocycles. The first-order valence-electron chi connectivity index (χ1n) is 11.4. The van der Waals surface area contributed by atoms with Crippen LogP contribution in [0.3, 0.4) is 0 Å². The summed E-state index contributed by atoms with van der Waals surface area (Å²) in [7, 11) is 1.28. The summed E-state index contributed by atoms with van der Waals surface area (Å²) in [4.78, 5) is 54.5. The molecule has 0 aromatic carbocycles. The quantitative estimate of drug-likeness (QED) is 0.158. The van der Waals surface area contributed by atoms with E-state index in [-0.39, 0.29) is 28.8 Å². The number of nitrogen functional groups attached to an aromatic ring is 1. The van der Waals surface area contributed by atoms with Gasteiger partial charge in [-0.25, -0.2) is 9.97 Å². The molecule has 1 fully saturated rings. The maximum atomic E-state index is 13.0. The molecule has 2 amide bonds. The predicted molar refractivity (Wildman–Crippen MR) is 135 cm³/mol. The number of thiazole rings is 1. The number of β-lactam (4-membered cyclic amide) rings is 1. The maximum Gasteiger partial charge on any atom is 0.276 e. The highest BCUT2D eigenvalue weighted by Crippen LogP contribution is 2.40. The fraction of sp³-hybridized carbons (Fsp3) is 0.409. The number of fused-ring (bicyclic) bond motifs is 1. The molecule has 3 N–H and O–H groups in total. The molecule has 1 saturated heterocycles. The number of hydrogen-bond acceptors (Lipinski definition) is 12. The third-order valence-electron chi connectivity index (χ3n) is 5.90. The fourth-order valence-corrected chi connectivity index (χ4v) is 6.03. The van der Waals surface area contributed by atoms with E-state index in [0.29, 0.717) is 11.3 Å². The Kier molecular flexibility index (Phi) is 7.92. The van der Waals surface area contributed by atoms with Crippen LogP contribution in [-0.4, -0.2) is 75.7 Å². The largest absolute Gasteiger partial charge is 0.543 e. The van der Waals surface area contributed by atoms with Crippen molar-refractivity contribution in [2.75, 3.05) is 36.6 Å². The van der Waals surface area contributed by atoms with E-state index in [1.165, 1.54) is 23.8 Å². The third-order valence-corrected chi connectivity index (χ3v) is 7.91. The Hall–Kier alpha value is -3.72. The third kappa shape index (κ3) is 5.22. The lowest BCUT2D eigenvalue weighted by molar-refractivity contribution is -0.688. The van der Waals surface area contributed by atoms with E-state index < -0.39 is 29.2 Å². The highest BCUT2D eigenvalue weighted by atomic mass is 32.2. The predicted octanol–water partition coefficient (Wildman–Crippen LogP) is -1.29. The average Bonchev–Trinajstić information content (AvgIpc) is 3.32. The first kappa shape index (κ1) is 26.3. The van der Waals surface area contributed by atoms with E-state index >= 15 is 0 Å². The van der Waals surface area contributed by atoms with Gasteiger partial charge in [-0.2, -0.15) is 4.57 Å². The van der Waals surface area contributed by atoms with E-state index in [0.717, 1.165) is 30.2 Å². The lowest BCUT2D eigenvalue weighted by atomic mass is 10.0. The minimum atomic E-state index is -1.45. The van der Waals surface area contributed by atoms with Crippen LogP contribution in [-0.2, 0) is 25.8 Å². The van der Waals surface area contributed by atoms with E-state index in [2.05, 4.69) is 25.3 Å². The van der Waals surface area contributed by atoms with E-state index in [4.69, 9.17) is 10.6 Å². The molecular formula is C22H26N8O5S2. The SMILES string of the molecule is CCN(CC)c1c[n+](CC2=C(C(=O)[O-])N3C(=O)C(NC(=O)/C(=N\OC)c4csc(N)n4)[C@H]3SC2)ccn1. The lowest BCUT2D eigenvalue weighted by Crippen LogP contribution is -2.71. The number of aliphatic carboxylic acids is 1. The molecule has 2 aliphatic rings. The standard InChI is InChI=1S/C22H26N8O5S2/c1-4-29(5-2)14-9-28(7-6-24-14)8-12-10-36-20-16(19(32)30(20)17(12)21(33)34)26-18(31)15(27-35-3)13-11-37-22(23)25-13/h6-7,9,11,16,20H,4-5,8,10H2,1-3H3,(H3-,23,25,26,31,33,34)/b27-15-/t16?,20-/m1/s1. The number of nitrogens with two attached hydrogens (primary N) is 1. The van der Waals surface area contributed by atoms with E-state index in [9.17, 15) is 19.5 Å². The van der Waals surface area contributed by atoms with Crippen LogP contribution < -0.4 is 25.6 Å². The van der Waals surface area contributed by atoms with Crippen molar-refractivity contribution in [2.24, 2.45) is 5.16 Å². The van der Waals surface area contributed by atoms with Gasteiger partial charge >= 0.3 is 0 Å². The molecule has 37 heavy (non-hydrogen) atoms. The summed E-state index contributed by atoms with van der Waals surface area (Å²) in [5.74, 6) is -1.59. The zero-order valence-electron chi connectivity index (χ0n) is 20.4. The Balaban J connectivity index is 1.53. The highest BCUT2D eigenvalue weighted by molar-refractivity contribution is 8.00. The van der Waals surface area contributed by atoms with Crippen LogP contribution in [0.5, 0.6) is 0 Å². The van der Waals surface area contributed by atoms with Crippen molar-refractivity contribution < 1.29 is 28.9 Å². The van der Waals surface area contributed by atoms with Crippen molar-refractivity contribution in [1.29, 1.82) is 0 Å². The van der Waals surface area contributed by atoms with E-state index in [1.54, 1.807) is 17.8 Å². The summed E-state index contributed by atoms with van der Waals surface area (Å²) in [5, 5.41) is 19.6. The second-order valence-corrected chi connectivity index (χ2v) is 10.0. The smallest absolute Gasteiger partial charge is 0.276 e. The summed E-state index contributed by atoms with van der Waals surface area (Å²) >= 11 is 2.48. The van der Waals surface area contributed by atoms with Crippen molar-refractivity contribution in [1.82, 2.24) is 20.2 Å². The molecule has 0 radical (unpaired) electrons. The molecule has 0 spiro atoms. The van der Waals surface area contributed by atoms with Gasteiger partial charge in [0, 0.05) is 29.8 Å². The molecule has 2 aromatic heterocycles.